The highest BCUT2D eigenvalue weighted by Crippen LogP contribution is 2.34. The van der Waals surface area contributed by atoms with E-state index < -0.39 is 5.97 Å². The molecule has 1 heterocycles. The van der Waals surface area contributed by atoms with Crippen LogP contribution in [0.4, 0.5) is 11.5 Å². The smallest absolute Gasteiger partial charge is 0.337 e. The van der Waals surface area contributed by atoms with Gasteiger partial charge in [-0.05, 0) is 18.9 Å². The summed E-state index contributed by atoms with van der Waals surface area (Å²) in [6.45, 7) is 0.417. The number of aromatic nitrogens is 1. The number of nitrogens with two attached hydrogens (primary N) is 1. The SMILES string of the molecule is Nc1c(C(=O)O)ccnc1N(CCO)C1CC1. The molecular weight excluding hydrogens is 222 g/mol. The summed E-state index contributed by atoms with van der Waals surface area (Å²) in [5, 5.41) is 18.0. The van der Waals surface area contributed by atoms with Gasteiger partial charge in [-0.3, -0.25) is 0 Å². The Bertz CT molecular complexity index is 432. The maximum atomic E-state index is 11.0. The van der Waals surface area contributed by atoms with E-state index in [1.165, 1.54) is 12.3 Å². The van der Waals surface area contributed by atoms with E-state index in [4.69, 9.17) is 15.9 Å². The van der Waals surface area contributed by atoms with E-state index in [0.717, 1.165) is 12.8 Å². The number of nitrogen functional groups attached to an aromatic ring is 1. The molecular formula is C11H15N3O3. The average molecular weight is 237 g/mol. The largest absolute Gasteiger partial charge is 0.478 e. The van der Waals surface area contributed by atoms with Crippen molar-refractivity contribution in [1.29, 1.82) is 0 Å². The van der Waals surface area contributed by atoms with Crippen molar-refractivity contribution in [2.45, 2.75) is 18.9 Å². The molecule has 0 spiro atoms. The van der Waals surface area contributed by atoms with Gasteiger partial charge < -0.3 is 20.8 Å². The average Bonchev–Trinajstić information content (AvgIpc) is 3.10. The molecule has 17 heavy (non-hydrogen) atoms. The zero-order valence-electron chi connectivity index (χ0n) is 9.33. The van der Waals surface area contributed by atoms with E-state index in [9.17, 15) is 4.79 Å². The number of aliphatic hydroxyl groups excluding tert-OH is 1. The Morgan fingerprint density at radius 2 is 2.29 bits per heavy atom. The molecule has 1 fully saturated rings. The first kappa shape index (κ1) is 11.7. The third kappa shape index (κ3) is 2.31. The van der Waals surface area contributed by atoms with Gasteiger partial charge in [0, 0.05) is 18.8 Å². The van der Waals surface area contributed by atoms with Crippen LogP contribution in [0.1, 0.15) is 23.2 Å². The molecule has 2 rings (SSSR count). The second kappa shape index (κ2) is 4.58. The minimum atomic E-state index is -1.06. The summed E-state index contributed by atoms with van der Waals surface area (Å²) in [5.74, 6) is -0.604. The highest BCUT2D eigenvalue weighted by molar-refractivity contribution is 5.96. The first-order valence-corrected chi connectivity index (χ1v) is 5.50. The highest BCUT2D eigenvalue weighted by Gasteiger charge is 2.31. The van der Waals surface area contributed by atoms with Crippen LogP contribution in [0.15, 0.2) is 12.3 Å². The molecule has 0 aromatic carbocycles. The fraction of sp³-hybridized carbons (Fsp3) is 0.455. The molecule has 0 unspecified atom stereocenters. The number of anilines is 2. The second-order valence-electron chi connectivity index (χ2n) is 4.05. The third-order valence-corrected chi connectivity index (χ3v) is 2.80. The number of pyridine rings is 1. The van der Waals surface area contributed by atoms with Crippen molar-refractivity contribution in [2.75, 3.05) is 23.8 Å². The number of carboxylic acid groups (broad SMARTS) is 1. The Labute approximate surface area is 98.7 Å². The van der Waals surface area contributed by atoms with Crippen LogP contribution in [-0.4, -0.2) is 40.4 Å². The number of aromatic carboxylic acids is 1. The van der Waals surface area contributed by atoms with Crippen molar-refractivity contribution in [3.05, 3.63) is 17.8 Å². The van der Waals surface area contributed by atoms with Crippen LogP contribution in [0, 0.1) is 0 Å². The third-order valence-electron chi connectivity index (χ3n) is 2.80. The lowest BCUT2D eigenvalue weighted by Crippen LogP contribution is -2.31. The number of carboxylic acids is 1. The van der Waals surface area contributed by atoms with Crippen LogP contribution in [0.3, 0.4) is 0 Å². The van der Waals surface area contributed by atoms with E-state index >= 15 is 0 Å². The molecule has 1 aromatic rings. The normalized spacial score (nSPS) is 14.6. The molecule has 6 heteroatoms. The first-order valence-electron chi connectivity index (χ1n) is 5.50. The van der Waals surface area contributed by atoms with Gasteiger partial charge in [-0.1, -0.05) is 0 Å². The molecule has 0 amide bonds. The lowest BCUT2D eigenvalue weighted by molar-refractivity contribution is 0.0698. The van der Waals surface area contributed by atoms with Crippen LogP contribution in [0.2, 0.25) is 0 Å². The highest BCUT2D eigenvalue weighted by atomic mass is 16.4. The van der Waals surface area contributed by atoms with Gasteiger partial charge in [0.2, 0.25) is 0 Å². The number of carbonyl (C=O) groups is 1. The van der Waals surface area contributed by atoms with Gasteiger partial charge in [-0.2, -0.15) is 0 Å². The minimum absolute atomic E-state index is 0.00504. The van der Waals surface area contributed by atoms with Crippen LogP contribution in [0.5, 0.6) is 0 Å². The van der Waals surface area contributed by atoms with E-state index in [2.05, 4.69) is 4.98 Å². The Balaban J connectivity index is 2.35. The zero-order chi connectivity index (χ0) is 12.4. The molecule has 1 aliphatic rings. The Morgan fingerprint density at radius 1 is 1.59 bits per heavy atom. The van der Waals surface area contributed by atoms with Crippen molar-refractivity contribution >= 4 is 17.5 Å². The number of hydrogen-bond acceptors (Lipinski definition) is 5. The molecule has 0 saturated heterocycles. The van der Waals surface area contributed by atoms with E-state index in [-0.39, 0.29) is 17.9 Å². The number of aliphatic hydroxyl groups is 1. The molecule has 0 atom stereocenters. The van der Waals surface area contributed by atoms with Crippen molar-refractivity contribution in [3.63, 3.8) is 0 Å². The van der Waals surface area contributed by atoms with Gasteiger partial charge in [-0.25, -0.2) is 9.78 Å². The van der Waals surface area contributed by atoms with E-state index in [0.29, 0.717) is 18.4 Å². The van der Waals surface area contributed by atoms with Gasteiger partial charge in [0.15, 0.2) is 5.82 Å². The van der Waals surface area contributed by atoms with Gasteiger partial charge in [0.1, 0.15) is 0 Å². The van der Waals surface area contributed by atoms with Crippen LogP contribution in [-0.2, 0) is 0 Å². The van der Waals surface area contributed by atoms with Crippen LogP contribution < -0.4 is 10.6 Å². The summed E-state index contributed by atoms with van der Waals surface area (Å²) in [6.07, 6.45) is 3.48. The quantitative estimate of drug-likeness (QED) is 0.682. The lowest BCUT2D eigenvalue weighted by atomic mass is 10.2. The van der Waals surface area contributed by atoms with E-state index in [1.54, 1.807) is 0 Å². The molecule has 6 nitrogen and oxygen atoms in total. The molecule has 4 N–H and O–H groups in total. The summed E-state index contributed by atoms with van der Waals surface area (Å²) in [5.41, 5.74) is 6.04. The summed E-state index contributed by atoms with van der Waals surface area (Å²) < 4.78 is 0. The predicted octanol–water partition coefficient (Wildman–Crippen LogP) is 0.323. The first-order chi connectivity index (χ1) is 8.15. The summed E-state index contributed by atoms with van der Waals surface area (Å²) in [6, 6.07) is 1.70. The Kier molecular flexibility index (Phi) is 3.14. The summed E-state index contributed by atoms with van der Waals surface area (Å²) in [4.78, 5) is 17.0. The van der Waals surface area contributed by atoms with Gasteiger partial charge in [0.25, 0.3) is 0 Å². The fourth-order valence-corrected chi connectivity index (χ4v) is 1.83. The topological polar surface area (TPSA) is 99.7 Å². The summed E-state index contributed by atoms with van der Waals surface area (Å²) in [7, 11) is 0. The number of rotatable bonds is 5. The number of hydrogen-bond donors (Lipinski definition) is 3. The molecule has 92 valence electrons. The van der Waals surface area contributed by atoms with E-state index in [1.807, 2.05) is 4.90 Å². The standard InChI is InChI=1S/C11H15N3O3/c12-9-8(11(16)17)3-4-13-10(9)14(5-6-15)7-1-2-7/h3-4,7,15H,1-2,5-6,12H2,(H,16,17). The fourth-order valence-electron chi connectivity index (χ4n) is 1.83. The zero-order valence-corrected chi connectivity index (χ0v) is 9.33. The Hall–Kier alpha value is -1.82. The van der Waals surface area contributed by atoms with Gasteiger partial charge in [-0.15, -0.1) is 0 Å². The summed E-state index contributed by atoms with van der Waals surface area (Å²) >= 11 is 0. The molecule has 1 aliphatic carbocycles. The van der Waals surface area contributed by atoms with Crippen molar-refractivity contribution in [3.8, 4) is 0 Å². The predicted molar refractivity (Wildman–Crippen MR) is 63.1 cm³/mol. The molecule has 0 bridgehead atoms. The molecule has 1 aromatic heterocycles. The lowest BCUT2D eigenvalue weighted by Gasteiger charge is -2.24. The number of nitrogens with zero attached hydrogens (tertiary/aromatic N) is 2. The minimum Gasteiger partial charge on any atom is -0.478 e. The molecule has 0 aliphatic heterocycles. The maximum Gasteiger partial charge on any atom is 0.337 e. The van der Waals surface area contributed by atoms with Crippen LogP contribution in [0.25, 0.3) is 0 Å². The van der Waals surface area contributed by atoms with Crippen LogP contribution >= 0.6 is 0 Å². The van der Waals surface area contributed by atoms with Crippen molar-refractivity contribution < 1.29 is 15.0 Å². The second-order valence-corrected chi connectivity index (χ2v) is 4.05. The molecule has 0 radical (unpaired) electrons. The maximum absolute atomic E-state index is 11.0. The monoisotopic (exact) mass is 237 g/mol. The molecule has 1 saturated carbocycles. The van der Waals surface area contributed by atoms with Crippen molar-refractivity contribution in [2.24, 2.45) is 0 Å². The van der Waals surface area contributed by atoms with Gasteiger partial charge in [0.05, 0.1) is 17.9 Å². The van der Waals surface area contributed by atoms with Crippen molar-refractivity contribution in [1.82, 2.24) is 4.98 Å². The Morgan fingerprint density at radius 3 is 2.82 bits per heavy atom. The van der Waals surface area contributed by atoms with Gasteiger partial charge >= 0.3 is 5.97 Å².